The van der Waals surface area contributed by atoms with E-state index in [2.05, 4.69) is 5.32 Å². The fourth-order valence-electron chi connectivity index (χ4n) is 2.79. The van der Waals surface area contributed by atoms with Crippen LogP contribution in [0.4, 0.5) is 0 Å². The lowest BCUT2D eigenvalue weighted by Crippen LogP contribution is -2.27. The summed E-state index contributed by atoms with van der Waals surface area (Å²) in [5, 5.41) is 13.7. The number of rotatable bonds is 6. The summed E-state index contributed by atoms with van der Waals surface area (Å²) in [4.78, 5) is 24.0. The zero-order valence-electron chi connectivity index (χ0n) is 14.8. The van der Waals surface area contributed by atoms with Crippen molar-refractivity contribution in [2.45, 2.75) is 6.92 Å². The van der Waals surface area contributed by atoms with Crippen molar-refractivity contribution in [3.63, 3.8) is 0 Å². The first-order chi connectivity index (χ1) is 13.1. The minimum Gasteiger partial charge on any atom is -0.493 e. The van der Waals surface area contributed by atoms with Gasteiger partial charge in [-0.2, -0.15) is 0 Å². The predicted octanol–water partition coefficient (Wildman–Crippen LogP) is 4.09. The third-order valence-corrected chi connectivity index (χ3v) is 4.03. The van der Waals surface area contributed by atoms with Crippen LogP contribution in [0.15, 0.2) is 72.4 Å². The van der Waals surface area contributed by atoms with E-state index in [4.69, 9.17) is 4.74 Å². The molecule has 3 aromatic carbocycles. The number of carboxylic acids is 1. The molecule has 0 spiro atoms. The molecule has 0 aromatic heterocycles. The molecular weight excluding hydrogens is 342 g/mol. The highest BCUT2D eigenvalue weighted by Crippen LogP contribution is 2.29. The Morgan fingerprint density at radius 2 is 1.63 bits per heavy atom. The van der Waals surface area contributed by atoms with E-state index in [0.29, 0.717) is 17.7 Å². The monoisotopic (exact) mass is 361 g/mol. The first kappa shape index (κ1) is 18.2. The van der Waals surface area contributed by atoms with E-state index in [1.807, 2.05) is 31.2 Å². The normalized spacial score (nSPS) is 11.2. The molecule has 3 aromatic rings. The van der Waals surface area contributed by atoms with Crippen LogP contribution in [-0.2, 0) is 4.79 Å². The Labute approximate surface area is 156 Å². The molecule has 3 rings (SSSR count). The Kier molecular flexibility index (Phi) is 5.52. The van der Waals surface area contributed by atoms with Crippen LogP contribution in [0.5, 0.6) is 5.75 Å². The summed E-state index contributed by atoms with van der Waals surface area (Å²) in [6.07, 6.45) is 1.46. The summed E-state index contributed by atoms with van der Waals surface area (Å²) in [5.74, 6) is -0.952. The number of benzene rings is 3. The molecular formula is C22H19NO4. The lowest BCUT2D eigenvalue weighted by Gasteiger charge is -2.11. The third-order valence-electron chi connectivity index (χ3n) is 4.03. The van der Waals surface area contributed by atoms with Crippen LogP contribution in [0.1, 0.15) is 22.8 Å². The molecule has 0 saturated carbocycles. The summed E-state index contributed by atoms with van der Waals surface area (Å²) in [5.41, 5.74) is 0.874. The van der Waals surface area contributed by atoms with E-state index in [0.717, 1.165) is 16.5 Å². The standard InChI is InChI=1S/C22H19NO4/c1-2-27-20-13-12-16(17-10-6-7-11-18(17)20)14-19(22(25)26)23-21(24)15-8-4-3-5-9-15/h3-14H,2H2,1H3,(H,23,24)(H,25,26). The Morgan fingerprint density at radius 1 is 0.963 bits per heavy atom. The number of carbonyl (C=O) groups excluding carboxylic acids is 1. The van der Waals surface area contributed by atoms with Gasteiger partial charge < -0.3 is 15.2 Å². The Balaban J connectivity index is 2.00. The predicted molar refractivity (Wildman–Crippen MR) is 105 cm³/mol. The van der Waals surface area contributed by atoms with Crippen molar-refractivity contribution >= 4 is 28.7 Å². The summed E-state index contributed by atoms with van der Waals surface area (Å²) in [7, 11) is 0. The van der Waals surface area contributed by atoms with Gasteiger partial charge in [0.15, 0.2) is 0 Å². The number of amides is 1. The first-order valence-corrected chi connectivity index (χ1v) is 8.56. The van der Waals surface area contributed by atoms with E-state index in [9.17, 15) is 14.7 Å². The molecule has 2 N–H and O–H groups in total. The smallest absolute Gasteiger partial charge is 0.352 e. The summed E-state index contributed by atoms with van der Waals surface area (Å²) in [6, 6.07) is 19.6. The molecule has 0 heterocycles. The SMILES string of the molecule is CCOc1ccc(C=C(NC(=O)c2ccccc2)C(=O)O)c2ccccc12. The number of nitrogens with one attached hydrogen (secondary N) is 1. The molecule has 0 unspecified atom stereocenters. The second-order valence-electron chi connectivity index (χ2n) is 5.81. The number of hydrogen-bond donors (Lipinski definition) is 2. The van der Waals surface area contributed by atoms with Gasteiger partial charge >= 0.3 is 5.97 Å². The molecule has 27 heavy (non-hydrogen) atoms. The van der Waals surface area contributed by atoms with Crippen molar-refractivity contribution in [3.05, 3.63) is 83.6 Å². The maximum absolute atomic E-state index is 12.3. The van der Waals surface area contributed by atoms with Gasteiger partial charge in [-0.05, 0) is 42.1 Å². The minimum atomic E-state index is -1.21. The van der Waals surface area contributed by atoms with Gasteiger partial charge in [-0.1, -0.05) is 48.5 Å². The molecule has 136 valence electrons. The molecule has 1 amide bonds. The van der Waals surface area contributed by atoms with E-state index < -0.39 is 11.9 Å². The topological polar surface area (TPSA) is 75.6 Å². The average Bonchev–Trinajstić information content (AvgIpc) is 2.69. The third kappa shape index (κ3) is 4.15. The number of hydrogen-bond acceptors (Lipinski definition) is 3. The summed E-state index contributed by atoms with van der Waals surface area (Å²) < 4.78 is 5.64. The average molecular weight is 361 g/mol. The van der Waals surface area contributed by atoms with E-state index in [-0.39, 0.29) is 5.70 Å². The summed E-state index contributed by atoms with van der Waals surface area (Å²) >= 11 is 0. The van der Waals surface area contributed by atoms with Gasteiger partial charge in [0, 0.05) is 10.9 Å². The van der Waals surface area contributed by atoms with E-state index >= 15 is 0 Å². The van der Waals surface area contributed by atoms with Gasteiger partial charge in [-0.3, -0.25) is 4.79 Å². The number of aliphatic carboxylic acids is 1. The second kappa shape index (κ2) is 8.19. The van der Waals surface area contributed by atoms with Crippen LogP contribution in [0.2, 0.25) is 0 Å². The van der Waals surface area contributed by atoms with Gasteiger partial charge in [0.25, 0.3) is 5.91 Å². The number of fused-ring (bicyclic) bond motifs is 1. The van der Waals surface area contributed by atoms with Crippen LogP contribution in [0, 0.1) is 0 Å². The number of ether oxygens (including phenoxy) is 1. The molecule has 0 saturated heterocycles. The molecule has 0 radical (unpaired) electrons. The van der Waals surface area contributed by atoms with Gasteiger partial charge in [-0.15, -0.1) is 0 Å². The van der Waals surface area contributed by atoms with Crippen molar-refractivity contribution in [3.8, 4) is 5.75 Å². The van der Waals surface area contributed by atoms with Crippen LogP contribution >= 0.6 is 0 Å². The van der Waals surface area contributed by atoms with Crippen molar-refractivity contribution < 1.29 is 19.4 Å². The van der Waals surface area contributed by atoms with E-state index in [1.165, 1.54) is 6.08 Å². The quantitative estimate of drug-likeness (QED) is 0.648. The van der Waals surface area contributed by atoms with Crippen molar-refractivity contribution in [1.82, 2.24) is 5.32 Å². The molecule has 0 aliphatic rings. The Morgan fingerprint density at radius 3 is 2.30 bits per heavy atom. The maximum Gasteiger partial charge on any atom is 0.352 e. The highest BCUT2D eigenvalue weighted by atomic mass is 16.5. The maximum atomic E-state index is 12.3. The lowest BCUT2D eigenvalue weighted by molar-refractivity contribution is -0.132. The zero-order valence-corrected chi connectivity index (χ0v) is 14.8. The van der Waals surface area contributed by atoms with Gasteiger partial charge in [0.2, 0.25) is 0 Å². The Bertz CT molecular complexity index is 1010. The van der Waals surface area contributed by atoms with Crippen molar-refractivity contribution in [1.29, 1.82) is 0 Å². The summed E-state index contributed by atoms with van der Waals surface area (Å²) in [6.45, 7) is 2.44. The highest BCUT2D eigenvalue weighted by molar-refractivity contribution is 6.04. The largest absolute Gasteiger partial charge is 0.493 e. The Hall–Kier alpha value is -3.60. The molecule has 0 aliphatic carbocycles. The molecule has 0 aliphatic heterocycles. The molecule has 0 fully saturated rings. The zero-order chi connectivity index (χ0) is 19.2. The minimum absolute atomic E-state index is 0.196. The van der Waals surface area contributed by atoms with Crippen LogP contribution < -0.4 is 10.1 Å². The molecule has 5 heteroatoms. The fraction of sp³-hybridized carbons (Fsp3) is 0.0909. The van der Waals surface area contributed by atoms with Gasteiger partial charge in [0.05, 0.1) is 6.61 Å². The van der Waals surface area contributed by atoms with Crippen LogP contribution in [-0.4, -0.2) is 23.6 Å². The molecule has 0 bridgehead atoms. The van der Waals surface area contributed by atoms with Crippen molar-refractivity contribution in [2.75, 3.05) is 6.61 Å². The van der Waals surface area contributed by atoms with Crippen LogP contribution in [0.25, 0.3) is 16.8 Å². The van der Waals surface area contributed by atoms with Gasteiger partial charge in [-0.25, -0.2) is 4.79 Å². The number of carboxylic acid groups (broad SMARTS) is 1. The highest BCUT2D eigenvalue weighted by Gasteiger charge is 2.14. The first-order valence-electron chi connectivity index (χ1n) is 8.56. The van der Waals surface area contributed by atoms with Gasteiger partial charge in [0.1, 0.15) is 11.4 Å². The fourth-order valence-corrected chi connectivity index (χ4v) is 2.79. The second-order valence-corrected chi connectivity index (χ2v) is 5.81. The van der Waals surface area contributed by atoms with Crippen LogP contribution in [0.3, 0.4) is 0 Å². The molecule has 0 atom stereocenters. The molecule has 5 nitrogen and oxygen atoms in total. The van der Waals surface area contributed by atoms with E-state index in [1.54, 1.807) is 42.5 Å². The lowest BCUT2D eigenvalue weighted by atomic mass is 10.0. The number of carbonyl (C=O) groups is 2. The van der Waals surface area contributed by atoms with Crippen molar-refractivity contribution in [2.24, 2.45) is 0 Å².